The van der Waals surface area contributed by atoms with Crippen LogP contribution in [-0.4, -0.2) is 46.1 Å². The summed E-state index contributed by atoms with van der Waals surface area (Å²) >= 11 is 0. The van der Waals surface area contributed by atoms with E-state index >= 15 is 0 Å². The molecule has 0 aliphatic heterocycles. The number of aliphatic hydroxyl groups is 3. The minimum atomic E-state index is -0.738. The molecule has 0 saturated carbocycles. The summed E-state index contributed by atoms with van der Waals surface area (Å²) in [6.07, 6.45) is 20.5. The topological polar surface area (TPSA) is 89.8 Å². The first-order valence-corrected chi connectivity index (χ1v) is 13.8. The van der Waals surface area contributed by atoms with Crippen LogP contribution in [-0.2, 0) is 4.79 Å². The molecule has 3 atom stereocenters. The van der Waals surface area contributed by atoms with Crippen molar-refractivity contribution < 1.29 is 20.1 Å². The van der Waals surface area contributed by atoms with Crippen LogP contribution < -0.4 is 5.32 Å². The highest BCUT2D eigenvalue weighted by molar-refractivity contribution is 5.76. The lowest BCUT2D eigenvalue weighted by Gasteiger charge is -2.23. The summed E-state index contributed by atoms with van der Waals surface area (Å²) in [5.41, 5.74) is 0. The molecule has 0 aliphatic carbocycles. The maximum absolute atomic E-state index is 12.2. The van der Waals surface area contributed by atoms with Crippen LogP contribution in [0.4, 0.5) is 0 Å². The molecule has 0 aromatic carbocycles. The van der Waals surface area contributed by atoms with Crippen molar-refractivity contribution in [1.82, 2.24) is 5.32 Å². The zero-order valence-electron chi connectivity index (χ0n) is 21.3. The number of carbonyl (C=O) groups is 1. The predicted octanol–water partition coefficient (Wildman–Crippen LogP) is 6.03. The van der Waals surface area contributed by atoms with Gasteiger partial charge in [-0.1, -0.05) is 123 Å². The van der Waals surface area contributed by atoms with Gasteiger partial charge in [0.15, 0.2) is 0 Å². The molecule has 1 amide bonds. The molecule has 32 heavy (non-hydrogen) atoms. The van der Waals surface area contributed by atoms with E-state index in [-0.39, 0.29) is 18.9 Å². The Bertz CT molecular complexity index is 405. The van der Waals surface area contributed by atoms with Gasteiger partial charge in [-0.25, -0.2) is 0 Å². The molecule has 5 heteroatoms. The smallest absolute Gasteiger partial charge is 0.222 e. The van der Waals surface area contributed by atoms with Gasteiger partial charge in [-0.05, 0) is 12.8 Å². The first-order valence-electron chi connectivity index (χ1n) is 13.8. The number of aliphatic hydroxyl groups excluding tert-OH is 3. The minimum Gasteiger partial charge on any atom is -0.394 e. The van der Waals surface area contributed by atoms with Gasteiger partial charge in [0, 0.05) is 0 Å². The summed E-state index contributed by atoms with van der Waals surface area (Å²) in [6, 6.07) is -0.646. The summed E-state index contributed by atoms with van der Waals surface area (Å²) in [6.45, 7) is 4.17. The standard InChI is InChI=1S/C27H55NO4/c1-3-5-7-9-11-12-13-15-17-19-21-26(31)25(23-29)28-27(32)22-24(30)20-18-16-14-10-8-6-4-2/h24-26,29-31H,3-23H2,1-2H3,(H,28,32). The van der Waals surface area contributed by atoms with Crippen molar-refractivity contribution in [1.29, 1.82) is 0 Å². The van der Waals surface area contributed by atoms with Gasteiger partial charge >= 0.3 is 0 Å². The van der Waals surface area contributed by atoms with Gasteiger partial charge in [0.2, 0.25) is 5.91 Å². The van der Waals surface area contributed by atoms with Gasteiger partial charge in [-0.15, -0.1) is 0 Å². The first kappa shape index (κ1) is 31.4. The molecule has 3 unspecified atom stereocenters. The Hall–Kier alpha value is -0.650. The van der Waals surface area contributed by atoms with Gasteiger partial charge in [0.1, 0.15) is 0 Å². The second kappa shape index (κ2) is 23.5. The van der Waals surface area contributed by atoms with Crippen LogP contribution in [0.1, 0.15) is 142 Å². The van der Waals surface area contributed by atoms with Crippen LogP contribution >= 0.6 is 0 Å². The Morgan fingerprint density at radius 1 is 0.656 bits per heavy atom. The molecular weight excluding hydrogens is 402 g/mol. The highest BCUT2D eigenvalue weighted by Crippen LogP contribution is 2.14. The molecule has 0 saturated heterocycles. The molecule has 0 fully saturated rings. The maximum Gasteiger partial charge on any atom is 0.222 e. The van der Waals surface area contributed by atoms with Gasteiger partial charge in [0.05, 0.1) is 31.3 Å². The Kier molecular flexibility index (Phi) is 23.0. The number of hydrogen-bond acceptors (Lipinski definition) is 4. The van der Waals surface area contributed by atoms with E-state index in [2.05, 4.69) is 19.2 Å². The highest BCUT2D eigenvalue weighted by atomic mass is 16.3. The Labute approximate surface area is 198 Å². The van der Waals surface area contributed by atoms with E-state index in [0.29, 0.717) is 12.8 Å². The van der Waals surface area contributed by atoms with Crippen LogP contribution in [0, 0.1) is 0 Å². The largest absolute Gasteiger partial charge is 0.394 e. The molecule has 0 bridgehead atoms. The van der Waals surface area contributed by atoms with Crippen molar-refractivity contribution in [2.75, 3.05) is 6.61 Å². The van der Waals surface area contributed by atoms with E-state index in [4.69, 9.17) is 0 Å². The zero-order valence-corrected chi connectivity index (χ0v) is 21.3. The highest BCUT2D eigenvalue weighted by Gasteiger charge is 2.21. The summed E-state index contributed by atoms with van der Waals surface area (Å²) in [5, 5.41) is 32.7. The van der Waals surface area contributed by atoms with Crippen molar-refractivity contribution in [3.05, 3.63) is 0 Å². The van der Waals surface area contributed by atoms with Crippen LogP contribution in [0.3, 0.4) is 0 Å². The molecule has 5 nitrogen and oxygen atoms in total. The molecule has 192 valence electrons. The minimum absolute atomic E-state index is 0.0390. The van der Waals surface area contributed by atoms with E-state index in [1.807, 2.05) is 0 Å². The third-order valence-corrected chi connectivity index (χ3v) is 6.42. The average Bonchev–Trinajstić information content (AvgIpc) is 2.77. The van der Waals surface area contributed by atoms with Gasteiger partial charge < -0.3 is 20.6 Å². The SMILES string of the molecule is CCCCCCCCCCCCC(O)C(CO)NC(=O)CC(O)CCCCCCCCC. The zero-order chi connectivity index (χ0) is 23.9. The summed E-state index contributed by atoms with van der Waals surface area (Å²) < 4.78 is 0. The fourth-order valence-electron chi connectivity index (χ4n) is 4.22. The number of unbranched alkanes of at least 4 members (excludes halogenated alkanes) is 15. The Morgan fingerprint density at radius 2 is 1.06 bits per heavy atom. The molecule has 0 heterocycles. The van der Waals surface area contributed by atoms with Crippen molar-refractivity contribution in [2.45, 2.75) is 161 Å². The molecule has 4 N–H and O–H groups in total. The number of hydrogen-bond donors (Lipinski definition) is 4. The van der Waals surface area contributed by atoms with Crippen LogP contribution in [0.5, 0.6) is 0 Å². The molecule has 0 rings (SSSR count). The molecule has 0 radical (unpaired) electrons. The second-order valence-corrected chi connectivity index (χ2v) is 9.66. The van der Waals surface area contributed by atoms with Crippen LogP contribution in [0.15, 0.2) is 0 Å². The van der Waals surface area contributed by atoms with E-state index in [9.17, 15) is 20.1 Å². The lowest BCUT2D eigenvalue weighted by atomic mass is 10.0. The van der Waals surface area contributed by atoms with Crippen molar-refractivity contribution in [3.8, 4) is 0 Å². The molecule has 0 spiro atoms. The molecule has 0 aromatic rings. The van der Waals surface area contributed by atoms with Crippen LogP contribution in [0.25, 0.3) is 0 Å². The fourth-order valence-corrected chi connectivity index (χ4v) is 4.22. The normalized spacial score (nSPS) is 14.3. The maximum atomic E-state index is 12.2. The van der Waals surface area contributed by atoms with E-state index < -0.39 is 18.2 Å². The number of rotatable bonds is 24. The second-order valence-electron chi connectivity index (χ2n) is 9.66. The third-order valence-electron chi connectivity index (χ3n) is 6.42. The molecule has 0 aliphatic rings. The number of nitrogens with one attached hydrogen (secondary N) is 1. The quantitative estimate of drug-likeness (QED) is 0.133. The van der Waals surface area contributed by atoms with Crippen LogP contribution in [0.2, 0.25) is 0 Å². The average molecular weight is 458 g/mol. The van der Waals surface area contributed by atoms with Crippen molar-refractivity contribution in [2.24, 2.45) is 0 Å². The van der Waals surface area contributed by atoms with Crippen molar-refractivity contribution in [3.63, 3.8) is 0 Å². The first-order chi connectivity index (χ1) is 15.5. The van der Waals surface area contributed by atoms with Gasteiger partial charge in [-0.3, -0.25) is 4.79 Å². The van der Waals surface area contributed by atoms with E-state index in [0.717, 1.165) is 25.7 Å². The lowest BCUT2D eigenvalue weighted by Crippen LogP contribution is -2.46. The fraction of sp³-hybridized carbons (Fsp3) is 0.963. The monoisotopic (exact) mass is 457 g/mol. The predicted molar refractivity (Wildman–Crippen MR) is 135 cm³/mol. The van der Waals surface area contributed by atoms with E-state index in [1.165, 1.54) is 83.5 Å². The number of carbonyl (C=O) groups excluding carboxylic acids is 1. The Balaban J connectivity index is 3.78. The molecule has 0 aromatic heterocycles. The summed E-state index contributed by atoms with van der Waals surface area (Å²) in [7, 11) is 0. The van der Waals surface area contributed by atoms with Gasteiger partial charge in [0.25, 0.3) is 0 Å². The number of amides is 1. The van der Waals surface area contributed by atoms with E-state index in [1.54, 1.807) is 0 Å². The van der Waals surface area contributed by atoms with Crippen molar-refractivity contribution >= 4 is 5.91 Å². The van der Waals surface area contributed by atoms with Gasteiger partial charge in [-0.2, -0.15) is 0 Å². The Morgan fingerprint density at radius 3 is 1.50 bits per heavy atom. The summed E-state index contributed by atoms with van der Waals surface area (Å²) in [4.78, 5) is 12.2. The molecular formula is C27H55NO4. The lowest BCUT2D eigenvalue weighted by molar-refractivity contribution is -0.125. The summed E-state index contributed by atoms with van der Waals surface area (Å²) in [5.74, 6) is -0.290. The third kappa shape index (κ3) is 20.0.